The summed E-state index contributed by atoms with van der Waals surface area (Å²) in [6.45, 7) is 9.54. The van der Waals surface area contributed by atoms with Gasteiger partial charge in [0.05, 0.1) is 11.0 Å². The van der Waals surface area contributed by atoms with Gasteiger partial charge >= 0.3 is 5.97 Å². The Bertz CT molecular complexity index is 579. The Morgan fingerprint density at radius 2 is 1.65 bits per heavy atom. The van der Waals surface area contributed by atoms with Gasteiger partial charge in [-0.3, -0.25) is 9.35 Å². The van der Waals surface area contributed by atoms with E-state index >= 15 is 0 Å². The zero-order valence-electron chi connectivity index (χ0n) is 14.3. The standard InChI is InChI=1S/C9H19NO2.C7H8O3S/c1-6(2)5-8(10)9(11)12-7(3)4;1-6-2-4-7(5-3-6)11(8,9)10/h6-8H,5,10H2,1-4H3;2-5H,1H3,(H,8,9,10)/t8-;/m0./s1. The molecule has 0 aliphatic heterocycles. The van der Waals surface area contributed by atoms with Gasteiger partial charge in [0.15, 0.2) is 0 Å². The predicted octanol–water partition coefficient (Wildman–Crippen LogP) is 2.55. The number of carbonyl (C=O) groups excluding carboxylic acids is 1. The number of nitrogens with two attached hydrogens (primary N) is 1. The highest BCUT2D eigenvalue weighted by Gasteiger charge is 2.17. The Hall–Kier alpha value is -1.44. The summed E-state index contributed by atoms with van der Waals surface area (Å²) in [6.07, 6.45) is 0.613. The molecule has 0 spiro atoms. The number of hydrogen-bond acceptors (Lipinski definition) is 5. The maximum Gasteiger partial charge on any atom is 0.323 e. The highest BCUT2D eigenvalue weighted by Crippen LogP contribution is 2.08. The first kappa shape index (κ1) is 21.6. The Labute approximate surface area is 138 Å². The van der Waals surface area contributed by atoms with Crippen LogP contribution >= 0.6 is 0 Å². The Balaban J connectivity index is 0.000000422. The first-order chi connectivity index (χ1) is 10.4. The predicted molar refractivity (Wildman–Crippen MR) is 89.7 cm³/mol. The Morgan fingerprint density at radius 3 is 2.00 bits per heavy atom. The van der Waals surface area contributed by atoms with Gasteiger partial charge in [-0.2, -0.15) is 8.42 Å². The van der Waals surface area contributed by atoms with E-state index in [-0.39, 0.29) is 17.0 Å². The van der Waals surface area contributed by atoms with Crippen LogP contribution in [-0.4, -0.2) is 31.1 Å². The molecule has 0 heterocycles. The van der Waals surface area contributed by atoms with Gasteiger partial charge in [-0.05, 0) is 45.2 Å². The van der Waals surface area contributed by atoms with Gasteiger partial charge in [0.2, 0.25) is 0 Å². The minimum absolute atomic E-state index is 0.0666. The van der Waals surface area contributed by atoms with Crippen molar-refractivity contribution in [3.63, 3.8) is 0 Å². The second-order valence-electron chi connectivity index (χ2n) is 6.01. The van der Waals surface area contributed by atoms with Crippen molar-refractivity contribution in [3.8, 4) is 0 Å². The third-order valence-corrected chi connectivity index (χ3v) is 3.57. The van der Waals surface area contributed by atoms with E-state index in [4.69, 9.17) is 15.0 Å². The van der Waals surface area contributed by atoms with Crippen LogP contribution in [-0.2, 0) is 19.6 Å². The summed E-state index contributed by atoms with van der Waals surface area (Å²) < 4.78 is 34.5. The molecule has 132 valence electrons. The minimum atomic E-state index is -4.02. The molecule has 23 heavy (non-hydrogen) atoms. The number of aryl methyl sites for hydroxylation is 1. The first-order valence-electron chi connectivity index (χ1n) is 7.43. The fourth-order valence-corrected chi connectivity index (χ4v) is 2.11. The van der Waals surface area contributed by atoms with E-state index in [9.17, 15) is 13.2 Å². The minimum Gasteiger partial charge on any atom is -0.462 e. The summed E-state index contributed by atoms with van der Waals surface area (Å²) in [5.41, 5.74) is 6.55. The molecule has 0 aromatic heterocycles. The van der Waals surface area contributed by atoms with Gasteiger partial charge < -0.3 is 10.5 Å². The van der Waals surface area contributed by atoms with Crippen molar-refractivity contribution < 1.29 is 22.5 Å². The molecule has 1 rings (SSSR count). The second-order valence-corrected chi connectivity index (χ2v) is 7.43. The van der Waals surface area contributed by atoms with Crippen molar-refractivity contribution in [2.24, 2.45) is 11.7 Å². The smallest absolute Gasteiger partial charge is 0.323 e. The molecule has 0 radical (unpaired) electrons. The fourth-order valence-electron chi connectivity index (χ4n) is 1.63. The molecular weight excluding hydrogens is 318 g/mol. The number of hydrogen-bond donors (Lipinski definition) is 2. The number of rotatable bonds is 5. The van der Waals surface area contributed by atoms with Crippen LogP contribution in [0.15, 0.2) is 29.2 Å². The van der Waals surface area contributed by atoms with Gasteiger partial charge in [-0.15, -0.1) is 0 Å². The molecule has 0 saturated heterocycles. The van der Waals surface area contributed by atoms with E-state index in [2.05, 4.69) is 0 Å². The Kier molecular flexibility index (Phi) is 9.04. The largest absolute Gasteiger partial charge is 0.462 e. The van der Waals surface area contributed by atoms with E-state index in [1.807, 2.05) is 34.6 Å². The molecule has 6 nitrogen and oxygen atoms in total. The van der Waals surface area contributed by atoms with Gasteiger partial charge in [0.25, 0.3) is 10.1 Å². The maximum atomic E-state index is 11.1. The number of esters is 1. The average molecular weight is 345 g/mol. The molecule has 0 aliphatic rings. The number of benzene rings is 1. The molecule has 7 heteroatoms. The molecule has 0 fully saturated rings. The lowest BCUT2D eigenvalue weighted by molar-refractivity contribution is -0.149. The van der Waals surface area contributed by atoms with Crippen LogP contribution in [0.1, 0.15) is 39.7 Å². The van der Waals surface area contributed by atoms with Crippen LogP contribution in [0.4, 0.5) is 0 Å². The van der Waals surface area contributed by atoms with E-state index in [1.54, 1.807) is 12.1 Å². The fraction of sp³-hybridized carbons (Fsp3) is 0.562. The van der Waals surface area contributed by atoms with Crippen LogP contribution in [0.25, 0.3) is 0 Å². The first-order valence-corrected chi connectivity index (χ1v) is 8.87. The van der Waals surface area contributed by atoms with Crippen molar-refractivity contribution in [2.45, 2.75) is 58.1 Å². The lowest BCUT2D eigenvalue weighted by Gasteiger charge is -2.15. The third-order valence-electron chi connectivity index (χ3n) is 2.70. The SMILES string of the molecule is CC(C)C[C@H](N)C(=O)OC(C)C.Cc1ccc(S(=O)(=O)O)cc1. The highest BCUT2D eigenvalue weighted by molar-refractivity contribution is 7.85. The van der Waals surface area contributed by atoms with Crippen molar-refractivity contribution in [2.75, 3.05) is 0 Å². The molecule has 0 aliphatic carbocycles. The van der Waals surface area contributed by atoms with E-state index in [1.165, 1.54) is 12.1 Å². The molecule has 0 bridgehead atoms. The molecule has 1 aromatic rings. The zero-order valence-corrected chi connectivity index (χ0v) is 15.1. The third kappa shape index (κ3) is 10.0. The lowest BCUT2D eigenvalue weighted by Crippen LogP contribution is -2.34. The van der Waals surface area contributed by atoms with Gasteiger partial charge in [0, 0.05) is 0 Å². The second kappa shape index (κ2) is 9.64. The van der Waals surface area contributed by atoms with Crippen molar-refractivity contribution in [1.82, 2.24) is 0 Å². The monoisotopic (exact) mass is 345 g/mol. The quantitative estimate of drug-likeness (QED) is 0.627. The molecule has 1 atom stereocenters. The van der Waals surface area contributed by atoms with E-state index in [0.717, 1.165) is 5.56 Å². The van der Waals surface area contributed by atoms with Crippen LogP contribution in [0.5, 0.6) is 0 Å². The van der Waals surface area contributed by atoms with Gasteiger partial charge in [0.1, 0.15) is 6.04 Å². The number of carbonyl (C=O) groups is 1. The lowest BCUT2D eigenvalue weighted by atomic mass is 10.1. The summed E-state index contributed by atoms with van der Waals surface area (Å²) in [6, 6.07) is 5.52. The van der Waals surface area contributed by atoms with Gasteiger partial charge in [-0.25, -0.2) is 0 Å². The van der Waals surface area contributed by atoms with Crippen molar-refractivity contribution in [3.05, 3.63) is 29.8 Å². The summed E-state index contributed by atoms with van der Waals surface area (Å²) in [7, 11) is -4.02. The van der Waals surface area contributed by atoms with E-state index in [0.29, 0.717) is 12.3 Å². The summed E-state index contributed by atoms with van der Waals surface area (Å²) >= 11 is 0. The van der Waals surface area contributed by atoms with Crippen molar-refractivity contribution in [1.29, 1.82) is 0 Å². The Morgan fingerprint density at radius 1 is 1.17 bits per heavy atom. The molecule has 0 unspecified atom stereocenters. The van der Waals surface area contributed by atoms with Crippen LogP contribution in [0.3, 0.4) is 0 Å². The summed E-state index contributed by atoms with van der Waals surface area (Å²) in [5.74, 6) is 0.137. The molecule has 3 N–H and O–H groups in total. The normalized spacial score (nSPS) is 12.6. The van der Waals surface area contributed by atoms with E-state index < -0.39 is 16.2 Å². The number of ether oxygens (including phenoxy) is 1. The molecule has 0 saturated carbocycles. The van der Waals surface area contributed by atoms with Crippen molar-refractivity contribution >= 4 is 16.1 Å². The maximum absolute atomic E-state index is 11.1. The molecular formula is C16H27NO5S. The highest BCUT2D eigenvalue weighted by atomic mass is 32.2. The molecule has 0 amide bonds. The van der Waals surface area contributed by atoms with Crippen LogP contribution in [0.2, 0.25) is 0 Å². The topological polar surface area (TPSA) is 107 Å². The van der Waals surface area contributed by atoms with Crippen LogP contribution < -0.4 is 5.73 Å². The zero-order chi connectivity index (χ0) is 18.2. The summed E-state index contributed by atoms with van der Waals surface area (Å²) in [4.78, 5) is 11.1. The van der Waals surface area contributed by atoms with Gasteiger partial charge in [-0.1, -0.05) is 31.5 Å². The summed E-state index contributed by atoms with van der Waals surface area (Å²) in [5, 5.41) is 0. The van der Waals surface area contributed by atoms with Crippen LogP contribution in [0, 0.1) is 12.8 Å². The molecule has 1 aromatic carbocycles. The average Bonchev–Trinajstić information content (AvgIpc) is 2.37.